The zero-order valence-electron chi connectivity index (χ0n) is 14.8. The quantitative estimate of drug-likeness (QED) is 0.489. The summed E-state index contributed by atoms with van der Waals surface area (Å²) in [6.07, 6.45) is 1.30. The number of nitriles is 1. The molecule has 132 valence electrons. The van der Waals surface area contributed by atoms with Crippen LogP contribution in [-0.4, -0.2) is 19.0 Å². The molecule has 0 aliphatic rings. The first-order valence-electron chi connectivity index (χ1n) is 7.88. The molecule has 2 N–H and O–H groups in total. The highest BCUT2D eigenvalue weighted by Crippen LogP contribution is 2.17. The fourth-order valence-corrected chi connectivity index (χ4v) is 2.30. The summed E-state index contributed by atoms with van der Waals surface area (Å²) in [6.45, 7) is 3.85. The SMILES string of the molecule is COC(=O)c1cccc(N/C=C(/C#N)C(=O)Nc2ccc(C)cc2C)c1. The summed E-state index contributed by atoms with van der Waals surface area (Å²) in [7, 11) is 1.30. The fourth-order valence-electron chi connectivity index (χ4n) is 2.30. The van der Waals surface area contributed by atoms with Crippen LogP contribution >= 0.6 is 0 Å². The molecule has 6 nitrogen and oxygen atoms in total. The van der Waals surface area contributed by atoms with E-state index in [-0.39, 0.29) is 5.57 Å². The summed E-state index contributed by atoms with van der Waals surface area (Å²) in [6, 6.07) is 14.1. The van der Waals surface area contributed by atoms with Gasteiger partial charge in [-0.05, 0) is 43.7 Å². The van der Waals surface area contributed by atoms with Gasteiger partial charge >= 0.3 is 5.97 Å². The average Bonchev–Trinajstić information content (AvgIpc) is 2.64. The highest BCUT2D eigenvalue weighted by molar-refractivity contribution is 6.07. The van der Waals surface area contributed by atoms with Crippen molar-refractivity contribution in [1.82, 2.24) is 0 Å². The average molecular weight is 349 g/mol. The van der Waals surface area contributed by atoms with Crippen LogP contribution in [0.1, 0.15) is 21.5 Å². The van der Waals surface area contributed by atoms with Crippen molar-refractivity contribution in [2.45, 2.75) is 13.8 Å². The van der Waals surface area contributed by atoms with Gasteiger partial charge < -0.3 is 15.4 Å². The molecule has 0 aromatic heterocycles. The van der Waals surface area contributed by atoms with Crippen LogP contribution in [0.25, 0.3) is 0 Å². The van der Waals surface area contributed by atoms with E-state index >= 15 is 0 Å². The van der Waals surface area contributed by atoms with Gasteiger partial charge in [0.15, 0.2) is 0 Å². The van der Waals surface area contributed by atoms with Crippen molar-refractivity contribution in [3.63, 3.8) is 0 Å². The van der Waals surface area contributed by atoms with Crippen LogP contribution in [0.15, 0.2) is 54.2 Å². The molecule has 2 aromatic carbocycles. The summed E-state index contributed by atoms with van der Waals surface area (Å²) in [5, 5.41) is 14.8. The van der Waals surface area contributed by atoms with E-state index in [0.717, 1.165) is 11.1 Å². The zero-order chi connectivity index (χ0) is 19.1. The molecule has 0 saturated heterocycles. The number of methoxy groups -OCH3 is 1. The van der Waals surface area contributed by atoms with Crippen molar-refractivity contribution in [3.8, 4) is 6.07 Å². The summed E-state index contributed by atoms with van der Waals surface area (Å²) < 4.78 is 4.66. The Morgan fingerprint density at radius 2 is 1.92 bits per heavy atom. The number of ether oxygens (including phenoxy) is 1. The number of amides is 1. The second-order valence-electron chi connectivity index (χ2n) is 5.66. The minimum atomic E-state index is -0.518. The Morgan fingerprint density at radius 1 is 1.15 bits per heavy atom. The normalized spacial score (nSPS) is 10.6. The number of carbonyl (C=O) groups is 2. The first kappa shape index (κ1) is 18.7. The third-order valence-electron chi connectivity index (χ3n) is 3.66. The number of anilines is 2. The zero-order valence-corrected chi connectivity index (χ0v) is 14.8. The molecule has 6 heteroatoms. The van der Waals surface area contributed by atoms with E-state index in [2.05, 4.69) is 15.4 Å². The topological polar surface area (TPSA) is 91.2 Å². The van der Waals surface area contributed by atoms with E-state index < -0.39 is 11.9 Å². The van der Waals surface area contributed by atoms with Crippen LogP contribution in [0.3, 0.4) is 0 Å². The van der Waals surface area contributed by atoms with Crippen molar-refractivity contribution < 1.29 is 14.3 Å². The molecular weight excluding hydrogens is 330 g/mol. The number of carbonyl (C=O) groups excluding carboxylic acids is 2. The van der Waals surface area contributed by atoms with Gasteiger partial charge in [0.05, 0.1) is 12.7 Å². The second kappa shape index (κ2) is 8.49. The number of benzene rings is 2. The minimum absolute atomic E-state index is 0.0894. The van der Waals surface area contributed by atoms with Gasteiger partial charge in [0.1, 0.15) is 11.6 Å². The lowest BCUT2D eigenvalue weighted by atomic mass is 10.1. The van der Waals surface area contributed by atoms with E-state index in [1.165, 1.54) is 13.3 Å². The smallest absolute Gasteiger partial charge is 0.337 e. The Bertz CT molecular complexity index is 911. The van der Waals surface area contributed by atoms with Gasteiger partial charge in [-0.3, -0.25) is 4.79 Å². The molecule has 0 aliphatic heterocycles. The van der Waals surface area contributed by atoms with Gasteiger partial charge in [0, 0.05) is 17.6 Å². The molecule has 0 aliphatic carbocycles. The molecule has 1 amide bonds. The van der Waals surface area contributed by atoms with Gasteiger partial charge in [0.2, 0.25) is 0 Å². The van der Waals surface area contributed by atoms with E-state index in [0.29, 0.717) is 16.9 Å². The van der Waals surface area contributed by atoms with E-state index in [1.54, 1.807) is 30.3 Å². The lowest BCUT2D eigenvalue weighted by molar-refractivity contribution is -0.112. The van der Waals surface area contributed by atoms with Crippen LogP contribution in [0.2, 0.25) is 0 Å². The number of aryl methyl sites for hydroxylation is 2. The lowest BCUT2D eigenvalue weighted by Crippen LogP contribution is -2.15. The van der Waals surface area contributed by atoms with Crippen LogP contribution in [0, 0.1) is 25.2 Å². The van der Waals surface area contributed by atoms with Gasteiger partial charge in [-0.15, -0.1) is 0 Å². The predicted molar refractivity (Wildman–Crippen MR) is 99.6 cm³/mol. The molecule has 0 heterocycles. The van der Waals surface area contributed by atoms with Gasteiger partial charge in [-0.2, -0.15) is 5.26 Å². The molecule has 26 heavy (non-hydrogen) atoms. The van der Waals surface area contributed by atoms with Crippen molar-refractivity contribution in [2.75, 3.05) is 17.7 Å². The maximum absolute atomic E-state index is 12.3. The number of hydrogen-bond acceptors (Lipinski definition) is 5. The van der Waals surface area contributed by atoms with Crippen molar-refractivity contribution >= 4 is 23.3 Å². The van der Waals surface area contributed by atoms with Gasteiger partial charge in [-0.25, -0.2) is 4.79 Å². The molecule has 0 bridgehead atoms. The molecule has 0 unspecified atom stereocenters. The molecule has 0 saturated carbocycles. The predicted octanol–water partition coefficient (Wildman–Crippen LogP) is 3.55. The van der Waals surface area contributed by atoms with Gasteiger partial charge in [0.25, 0.3) is 5.91 Å². The van der Waals surface area contributed by atoms with Crippen molar-refractivity contribution in [3.05, 3.63) is 70.9 Å². The summed E-state index contributed by atoms with van der Waals surface area (Å²) >= 11 is 0. The maximum Gasteiger partial charge on any atom is 0.337 e. The Balaban J connectivity index is 2.13. The molecule has 0 radical (unpaired) electrons. The van der Waals surface area contributed by atoms with E-state index in [9.17, 15) is 14.9 Å². The van der Waals surface area contributed by atoms with E-state index in [1.807, 2.05) is 32.0 Å². The van der Waals surface area contributed by atoms with Crippen LogP contribution in [0.5, 0.6) is 0 Å². The standard InChI is InChI=1S/C20H19N3O3/c1-13-7-8-18(14(2)9-13)23-19(24)16(11-21)12-22-17-6-4-5-15(10-17)20(25)26-3/h4-10,12,22H,1-3H3,(H,23,24)/b16-12-. The third-order valence-corrected chi connectivity index (χ3v) is 3.66. The lowest BCUT2D eigenvalue weighted by Gasteiger charge is -2.09. The highest BCUT2D eigenvalue weighted by atomic mass is 16.5. The number of esters is 1. The van der Waals surface area contributed by atoms with Crippen LogP contribution in [0.4, 0.5) is 11.4 Å². The number of hydrogen-bond donors (Lipinski definition) is 2. The third kappa shape index (κ3) is 4.71. The van der Waals surface area contributed by atoms with Gasteiger partial charge in [-0.1, -0.05) is 23.8 Å². The molecule has 2 rings (SSSR count). The first-order chi connectivity index (χ1) is 12.4. The Morgan fingerprint density at radius 3 is 2.58 bits per heavy atom. The summed E-state index contributed by atoms with van der Waals surface area (Å²) in [4.78, 5) is 23.9. The summed E-state index contributed by atoms with van der Waals surface area (Å²) in [5.74, 6) is -0.984. The first-order valence-corrected chi connectivity index (χ1v) is 7.88. The Kier molecular flexibility index (Phi) is 6.12. The largest absolute Gasteiger partial charge is 0.465 e. The second-order valence-corrected chi connectivity index (χ2v) is 5.66. The Labute approximate surface area is 152 Å². The maximum atomic E-state index is 12.3. The Hall–Kier alpha value is -3.59. The fraction of sp³-hybridized carbons (Fsp3) is 0.150. The molecular formula is C20H19N3O3. The number of nitrogens with one attached hydrogen (secondary N) is 2. The van der Waals surface area contributed by atoms with E-state index in [4.69, 9.17) is 0 Å². The van der Waals surface area contributed by atoms with Crippen LogP contribution in [-0.2, 0) is 9.53 Å². The number of nitrogens with zero attached hydrogens (tertiary/aromatic N) is 1. The molecule has 2 aromatic rings. The van der Waals surface area contributed by atoms with Crippen LogP contribution < -0.4 is 10.6 Å². The molecule has 0 atom stereocenters. The molecule has 0 spiro atoms. The minimum Gasteiger partial charge on any atom is -0.465 e. The highest BCUT2D eigenvalue weighted by Gasteiger charge is 2.11. The number of rotatable bonds is 5. The monoisotopic (exact) mass is 349 g/mol. The van der Waals surface area contributed by atoms with Crippen molar-refractivity contribution in [1.29, 1.82) is 5.26 Å². The summed E-state index contributed by atoms with van der Waals surface area (Å²) in [5.41, 5.74) is 3.48. The molecule has 0 fully saturated rings. The van der Waals surface area contributed by atoms with Crippen molar-refractivity contribution in [2.24, 2.45) is 0 Å².